The van der Waals surface area contributed by atoms with Gasteiger partial charge in [0.2, 0.25) is 0 Å². The van der Waals surface area contributed by atoms with Crippen molar-refractivity contribution in [3.05, 3.63) is 108 Å². The van der Waals surface area contributed by atoms with Crippen LogP contribution in [0.15, 0.2) is 91.0 Å². The first-order chi connectivity index (χ1) is 19.0. The first-order valence-electron chi connectivity index (χ1n) is 12.1. The maximum Gasteiger partial charge on any atom is 0.338 e. The van der Waals surface area contributed by atoms with Crippen LogP contribution in [0.5, 0.6) is 0 Å². The molecule has 1 saturated heterocycles. The summed E-state index contributed by atoms with van der Waals surface area (Å²) in [7, 11) is 0. The monoisotopic (exact) mass is 530 g/mol. The van der Waals surface area contributed by atoms with E-state index in [0.717, 1.165) is 0 Å². The van der Waals surface area contributed by atoms with E-state index >= 15 is 0 Å². The molecule has 9 nitrogen and oxygen atoms in total. The van der Waals surface area contributed by atoms with Gasteiger partial charge in [0.1, 0.15) is 25.4 Å². The number of hydrogen-bond donors (Lipinski definition) is 1. The van der Waals surface area contributed by atoms with Crippen LogP contribution in [0.1, 0.15) is 31.1 Å². The molecule has 0 amide bonds. The predicted octanol–water partition coefficient (Wildman–Crippen LogP) is 3.03. The van der Waals surface area contributed by atoms with E-state index in [1.807, 2.05) is 0 Å². The molecule has 3 aromatic carbocycles. The van der Waals surface area contributed by atoms with Gasteiger partial charge in [-0.1, -0.05) is 60.5 Å². The Morgan fingerprint density at radius 3 is 1.67 bits per heavy atom. The molecule has 1 N–H and O–H groups in total. The molecule has 0 spiro atoms. The highest BCUT2D eigenvalue weighted by Gasteiger charge is 2.51. The summed E-state index contributed by atoms with van der Waals surface area (Å²) < 4.78 is 28.1. The average molecular weight is 531 g/mol. The van der Waals surface area contributed by atoms with Crippen molar-refractivity contribution in [2.24, 2.45) is 0 Å². The van der Waals surface area contributed by atoms with Crippen LogP contribution in [0.2, 0.25) is 0 Å². The molecule has 0 aliphatic carbocycles. The summed E-state index contributed by atoms with van der Waals surface area (Å²) in [5.41, 5.74) is 0.746. The number of ether oxygens (including phenoxy) is 5. The van der Waals surface area contributed by atoms with Gasteiger partial charge in [-0.25, -0.2) is 14.4 Å². The molecule has 1 fully saturated rings. The molecule has 0 saturated carbocycles. The zero-order chi connectivity index (χ0) is 27.6. The second-order valence-corrected chi connectivity index (χ2v) is 8.48. The molecule has 4 rings (SSSR count). The van der Waals surface area contributed by atoms with E-state index < -0.39 is 55.2 Å². The van der Waals surface area contributed by atoms with Crippen LogP contribution >= 0.6 is 0 Å². The third-order valence-corrected chi connectivity index (χ3v) is 5.86. The largest absolute Gasteiger partial charge is 0.459 e. The summed E-state index contributed by atoms with van der Waals surface area (Å²) in [6.07, 6.45) is -1.48. The Morgan fingerprint density at radius 2 is 1.18 bits per heavy atom. The van der Waals surface area contributed by atoms with Crippen molar-refractivity contribution in [3.8, 4) is 12.3 Å². The van der Waals surface area contributed by atoms with Gasteiger partial charge in [-0.15, -0.1) is 6.42 Å². The van der Waals surface area contributed by atoms with Crippen LogP contribution < -0.4 is 0 Å². The minimum Gasteiger partial charge on any atom is -0.459 e. The fourth-order valence-corrected chi connectivity index (χ4v) is 3.98. The molecule has 0 bridgehead atoms. The van der Waals surface area contributed by atoms with E-state index in [1.165, 1.54) is 12.1 Å². The first-order valence-corrected chi connectivity index (χ1v) is 12.1. The molecule has 1 aliphatic rings. The van der Waals surface area contributed by atoms with Crippen molar-refractivity contribution in [2.75, 3.05) is 13.2 Å². The van der Waals surface area contributed by atoms with E-state index in [0.29, 0.717) is 5.56 Å². The maximum absolute atomic E-state index is 13.0. The second-order valence-electron chi connectivity index (χ2n) is 8.48. The van der Waals surface area contributed by atoms with Crippen LogP contribution in [0, 0.1) is 12.3 Å². The number of aliphatic hydroxyl groups is 1. The lowest BCUT2D eigenvalue weighted by atomic mass is 9.98. The first kappa shape index (κ1) is 27.5. The SMILES string of the molecule is C#CCO[C@@H]1[C@@H](OC(=O)c2ccccc2)[C@H](O)O[C@H](COC(=O)c2ccccc2)[C@@H]1OC(=O)c1ccccc1. The maximum atomic E-state index is 13.0. The second kappa shape index (κ2) is 13.3. The lowest BCUT2D eigenvalue weighted by Gasteiger charge is -2.43. The van der Waals surface area contributed by atoms with E-state index in [9.17, 15) is 19.5 Å². The Balaban J connectivity index is 1.60. The van der Waals surface area contributed by atoms with Crippen LogP contribution in [-0.2, 0) is 23.7 Å². The summed E-state index contributed by atoms with van der Waals surface area (Å²) in [4.78, 5) is 38.4. The van der Waals surface area contributed by atoms with Crippen LogP contribution in [0.25, 0.3) is 0 Å². The highest BCUT2D eigenvalue weighted by molar-refractivity contribution is 5.90. The van der Waals surface area contributed by atoms with Gasteiger partial charge in [0.25, 0.3) is 0 Å². The molecule has 39 heavy (non-hydrogen) atoms. The molecular weight excluding hydrogens is 504 g/mol. The highest BCUT2D eigenvalue weighted by Crippen LogP contribution is 2.29. The molecule has 0 radical (unpaired) electrons. The zero-order valence-corrected chi connectivity index (χ0v) is 20.8. The van der Waals surface area contributed by atoms with Crippen molar-refractivity contribution in [3.63, 3.8) is 0 Å². The summed E-state index contributed by atoms with van der Waals surface area (Å²) in [6.45, 7) is -0.667. The fourth-order valence-electron chi connectivity index (χ4n) is 3.98. The fraction of sp³-hybridized carbons (Fsp3) is 0.233. The lowest BCUT2D eigenvalue weighted by molar-refractivity contribution is -0.290. The molecule has 0 unspecified atom stereocenters. The van der Waals surface area contributed by atoms with Gasteiger partial charge in [-0.2, -0.15) is 0 Å². The number of carbonyl (C=O) groups is 3. The van der Waals surface area contributed by atoms with E-state index in [4.69, 9.17) is 30.1 Å². The summed E-state index contributed by atoms with van der Waals surface area (Å²) in [6, 6.07) is 24.5. The van der Waals surface area contributed by atoms with Gasteiger partial charge in [-0.05, 0) is 36.4 Å². The van der Waals surface area contributed by atoms with Crippen molar-refractivity contribution < 1.29 is 43.2 Å². The molecule has 9 heteroatoms. The average Bonchev–Trinajstić information content (AvgIpc) is 2.98. The summed E-state index contributed by atoms with van der Waals surface area (Å²) in [5.74, 6) is 0.166. The normalized spacial score (nSPS) is 22.2. The molecule has 200 valence electrons. The predicted molar refractivity (Wildman–Crippen MR) is 137 cm³/mol. The molecule has 1 heterocycles. The van der Waals surface area contributed by atoms with Crippen molar-refractivity contribution in [1.29, 1.82) is 0 Å². The minimum absolute atomic E-state index is 0.220. The number of benzene rings is 3. The van der Waals surface area contributed by atoms with Crippen LogP contribution in [0.3, 0.4) is 0 Å². The molecule has 5 atom stereocenters. The molecular formula is C30H26O9. The van der Waals surface area contributed by atoms with Gasteiger partial charge >= 0.3 is 17.9 Å². The van der Waals surface area contributed by atoms with Crippen molar-refractivity contribution >= 4 is 17.9 Å². The minimum atomic E-state index is -1.72. The number of aliphatic hydroxyl groups excluding tert-OH is 1. The summed E-state index contributed by atoms with van der Waals surface area (Å²) >= 11 is 0. The smallest absolute Gasteiger partial charge is 0.338 e. The standard InChI is InChI=1S/C30H26O9/c1-2-18-35-25-24(38-28(32)21-14-8-4-9-15-21)23(19-36-27(31)20-12-6-3-7-13-20)37-30(34)26(25)39-29(33)22-16-10-5-11-17-22/h1,3-17,23-26,30,34H,18-19H2/t23-,24+,25+,26-,30-/m1/s1. The topological polar surface area (TPSA) is 118 Å². The Bertz CT molecular complexity index is 1290. The molecule has 1 aliphatic heterocycles. The van der Waals surface area contributed by atoms with Crippen LogP contribution in [-0.4, -0.2) is 66.9 Å². The molecule has 3 aromatic rings. The zero-order valence-electron chi connectivity index (χ0n) is 20.8. The third-order valence-electron chi connectivity index (χ3n) is 5.86. The lowest BCUT2D eigenvalue weighted by Crippen LogP contribution is -2.62. The van der Waals surface area contributed by atoms with Gasteiger partial charge in [0.05, 0.1) is 16.7 Å². The van der Waals surface area contributed by atoms with Crippen molar-refractivity contribution in [1.82, 2.24) is 0 Å². The summed E-state index contributed by atoms with van der Waals surface area (Å²) in [5, 5.41) is 10.8. The Kier molecular flexibility index (Phi) is 9.43. The van der Waals surface area contributed by atoms with Gasteiger partial charge < -0.3 is 28.8 Å². The third kappa shape index (κ3) is 7.09. The van der Waals surface area contributed by atoms with Crippen LogP contribution in [0.4, 0.5) is 0 Å². The Morgan fingerprint density at radius 1 is 0.718 bits per heavy atom. The quantitative estimate of drug-likeness (QED) is 0.253. The van der Waals surface area contributed by atoms with E-state index in [-0.39, 0.29) is 17.7 Å². The number of esters is 3. The Labute approximate surface area is 225 Å². The van der Waals surface area contributed by atoms with E-state index in [2.05, 4.69) is 5.92 Å². The number of hydrogen-bond acceptors (Lipinski definition) is 9. The van der Waals surface area contributed by atoms with Gasteiger partial charge in [-0.3, -0.25) is 0 Å². The number of rotatable bonds is 9. The highest BCUT2D eigenvalue weighted by atomic mass is 16.7. The molecule has 0 aromatic heterocycles. The number of carbonyl (C=O) groups excluding carboxylic acids is 3. The van der Waals surface area contributed by atoms with Gasteiger partial charge in [0, 0.05) is 0 Å². The van der Waals surface area contributed by atoms with Gasteiger partial charge in [0.15, 0.2) is 18.5 Å². The van der Waals surface area contributed by atoms with E-state index in [1.54, 1.807) is 78.9 Å². The van der Waals surface area contributed by atoms with Crippen molar-refractivity contribution in [2.45, 2.75) is 30.7 Å². The Hall–Kier alpha value is -4.49. The number of terminal acetylenes is 1.